The summed E-state index contributed by atoms with van der Waals surface area (Å²) in [6.45, 7) is -1.85. The predicted octanol–water partition coefficient (Wildman–Crippen LogP) is 6.51. The number of aryl methyl sites for hydroxylation is 1. The number of hydrogen-bond acceptors (Lipinski definition) is 7. The quantitative estimate of drug-likeness (QED) is 0.211. The third-order valence-corrected chi connectivity index (χ3v) is 7.18. The van der Waals surface area contributed by atoms with Gasteiger partial charge < -0.3 is 5.11 Å². The van der Waals surface area contributed by atoms with E-state index in [0.29, 0.717) is 9.70 Å². The van der Waals surface area contributed by atoms with Crippen molar-refractivity contribution in [2.24, 2.45) is 0 Å². The smallest absolute Gasteiger partial charge is 0.375 e. The van der Waals surface area contributed by atoms with Crippen molar-refractivity contribution in [3.05, 3.63) is 78.4 Å². The number of anilines is 1. The Labute approximate surface area is 275 Å². The molecule has 0 aliphatic heterocycles. The molecule has 2 aromatic carbocycles. The largest absolute Gasteiger partial charge is 0.475 e. The van der Waals surface area contributed by atoms with Crippen LogP contribution in [0.25, 0.3) is 11.4 Å². The maximum Gasteiger partial charge on any atom is 0.375 e. The Morgan fingerprint density at radius 1 is 0.977 bits per heavy atom. The molecule has 232 valence electrons. The fourth-order valence-corrected chi connectivity index (χ4v) is 5.23. The van der Waals surface area contributed by atoms with E-state index in [1.807, 2.05) is 0 Å². The number of nitrogens with one attached hydrogen (secondary N) is 1. The predicted molar refractivity (Wildman–Crippen MR) is 160 cm³/mol. The highest BCUT2D eigenvalue weighted by molar-refractivity contribution is 7.92. The van der Waals surface area contributed by atoms with Crippen LogP contribution in [-0.2, 0) is 13.8 Å². The Balaban J connectivity index is 0.000000238. The van der Waals surface area contributed by atoms with Gasteiger partial charge in [-0.2, -0.15) is 13.5 Å². The van der Waals surface area contributed by atoms with Crippen molar-refractivity contribution in [3.63, 3.8) is 0 Å². The van der Waals surface area contributed by atoms with E-state index in [1.165, 1.54) is 31.2 Å². The van der Waals surface area contributed by atoms with Crippen molar-refractivity contribution in [2.45, 2.75) is 17.3 Å². The van der Waals surface area contributed by atoms with Crippen molar-refractivity contribution in [3.8, 4) is 11.4 Å². The number of benzene rings is 2. The first kappa shape index (κ1) is 35.1. The van der Waals surface area contributed by atoms with Crippen LogP contribution in [0.2, 0.25) is 20.1 Å². The van der Waals surface area contributed by atoms with E-state index in [1.54, 1.807) is 0 Å². The first-order valence-corrected chi connectivity index (χ1v) is 15.4. The topological polar surface area (TPSA) is 154 Å². The van der Waals surface area contributed by atoms with Gasteiger partial charge in [0.05, 0.1) is 38.4 Å². The number of aromatic carboxylic acids is 1. The van der Waals surface area contributed by atoms with Gasteiger partial charge in [-0.15, -0.1) is 10.2 Å². The molecular weight excluding hydrogens is 749 g/mol. The SMILES string of the molecule is Cc1nn(-c2cc(NS(C)(=O)=O)c(Cl)cc2Cl)c(=O)n1C(F)F.O=C(O)c1nc(C(Cl)(Cl)Cl)n(-c2ccc(Cl)cc2Cl)n1. The van der Waals surface area contributed by atoms with E-state index in [-0.39, 0.29) is 48.3 Å². The fourth-order valence-electron chi connectivity index (χ4n) is 3.24. The van der Waals surface area contributed by atoms with Gasteiger partial charge in [0, 0.05) is 5.02 Å². The lowest BCUT2D eigenvalue weighted by atomic mass is 10.3. The first-order chi connectivity index (χ1) is 19.7. The number of carboxylic acid groups (broad SMARTS) is 1. The van der Waals surface area contributed by atoms with Crippen molar-refractivity contribution in [1.29, 1.82) is 0 Å². The summed E-state index contributed by atoms with van der Waals surface area (Å²) < 4.78 is 50.4. The maximum absolute atomic E-state index is 12.8. The fraction of sp³-hybridized carbons (Fsp3) is 0.190. The summed E-state index contributed by atoms with van der Waals surface area (Å²) in [5.41, 5.74) is -0.983. The van der Waals surface area contributed by atoms with Crippen molar-refractivity contribution in [2.75, 3.05) is 11.0 Å². The zero-order chi connectivity index (χ0) is 32.6. The van der Waals surface area contributed by atoms with Gasteiger partial charge in [-0.05, 0) is 37.3 Å². The van der Waals surface area contributed by atoms with E-state index in [4.69, 9.17) is 86.3 Å². The van der Waals surface area contributed by atoms with Gasteiger partial charge in [0.1, 0.15) is 5.82 Å². The molecule has 43 heavy (non-hydrogen) atoms. The molecule has 0 aliphatic carbocycles. The molecule has 0 radical (unpaired) electrons. The minimum absolute atomic E-state index is 0.0257. The number of hydrogen-bond donors (Lipinski definition) is 2. The van der Waals surface area contributed by atoms with Crippen molar-refractivity contribution in [1.82, 2.24) is 29.1 Å². The van der Waals surface area contributed by atoms with Crippen LogP contribution >= 0.6 is 81.2 Å². The average molecular weight is 763 g/mol. The molecule has 0 amide bonds. The number of halogens is 9. The normalized spacial score (nSPS) is 11.8. The molecule has 0 unspecified atom stereocenters. The van der Waals surface area contributed by atoms with E-state index in [9.17, 15) is 26.8 Å². The van der Waals surface area contributed by atoms with Crippen LogP contribution in [0, 0.1) is 6.92 Å². The molecule has 2 heterocycles. The number of aromatic nitrogens is 6. The number of sulfonamides is 1. The van der Waals surface area contributed by atoms with Crippen LogP contribution in [-0.4, -0.2) is 54.9 Å². The molecule has 22 heteroatoms. The van der Waals surface area contributed by atoms with Crippen molar-refractivity contribution >= 4 is 103 Å². The van der Waals surface area contributed by atoms with Crippen LogP contribution in [0.5, 0.6) is 0 Å². The summed E-state index contributed by atoms with van der Waals surface area (Å²) >= 11 is 40.9. The Morgan fingerprint density at radius 3 is 2.07 bits per heavy atom. The van der Waals surface area contributed by atoms with Gasteiger partial charge in [0.2, 0.25) is 13.8 Å². The number of carboxylic acids is 1. The second kappa shape index (κ2) is 13.3. The van der Waals surface area contributed by atoms with Gasteiger partial charge >= 0.3 is 18.2 Å². The highest BCUT2D eigenvalue weighted by Crippen LogP contribution is 2.39. The minimum atomic E-state index is -3.65. The molecule has 2 aromatic heterocycles. The molecule has 0 fully saturated rings. The lowest BCUT2D eigenvalue weighted by molar-refractivity contribution is 0.0639. The Bertz CT molecular complexity index is 1870. The first-order valence-electron chi connectivity index (χ1n) is 10.9. The van der Waals surface area contributed by atoms with Crippen LogP contribution in [0.4, 0.5) is 14.5 Å². The van der Waals surface area contributed by atoms with E-state index >= 15 is 0 Å². The molecule has 0 atom stereocenters. The molecule has 4 aromatic rings. The van der Waals surface area contributed by atoms with Crippen LogP contribution in [0.15, 0.2) is 35.1 Å². The molecule has 2 N–H and O–H groups in total. The molecule has 0 saturated carbocycles. The van der Waals surface area contributed by atoms with E-state index in [2.05, 4.69) is 19.9 Å². The maximum atomic E-state index is 12.8. The number of nitrogens with zero attached hydrogens (tertiary/aromatic N) is 6. The third kappa shape index (κ3) is 8.42. The Morgan fingerprint density at radius 2 is 1.58 bits per heavy atom. The van der Waals surface area contributed by atoms with Gasteiger partial charge in [0.25, 0.3) is 5.82 Å². The highest BCUT2D eigenvalue weighted by Gasteiger charge is 2.33. The molecule has 0 saturated heterocycles. The minimum Gasteiger partial charge on any atom is -0.475 e. The average Bonchev–Trinajstić information content (AvgIpc) is 3.42. The van der Waals surface area contributed by atoms with E-state index in [0.717, 1.165) is 17.0 Å². The summed E-state index contributed by atoms with van der Waals surface area (Å²) in [7, 11) is -3.65. The summed E-state index contributed by atoms with van der Waals surface area (Å²) in [6.07, 6.45) is 0.902. The second-order valence-corrected chi connectivity index (χ2v) is 13.8. The molecule has 0 spiro atoms. The zero-order valence-electron chi connectivity index (χ0n) is 21.0. The van der Waals surface area contributed by atoms with E-state index < -0.39 is 37.8 Å². The van der Waals surface area contributed by atoms with Crippen molar-refractivity contribution < 1.29 is 27.1 Å². The van der Waals surface area contributed by atoms with Gasteiger partial charge in [-0.3, -0.25) is 4.72 Å². The number of alkyl halides is 5. The Hall–Kier alpha value is -2.37. The van der Waals surface area contributed by atoms with Crippen LogP contribution in [0.3, 0.4) is 0 Å². The van der Waals surface area contributed by atoms with Gasteiger partial charge in [-0.25, -0.2) is 32.2 Å². The van der Waals surface area contributed by atoms with Crippen LogP contribution in [0.1, 0.15) is 28.8 Å². The molecule has 12 nitrogen and oxygen atoms in total. The summed E-state index contributed by atoms with van der Waals surface area (Å²) in [4.78, 5) is 26.6. The standard InChI is InChI=1S/C11H10Cl2F2N4O3S.C10H4Cl5N3O2/c1-5-16-19(11(20)18(5)10(14)15)9-4-8(17-23(2,21)22)6(12)3-7(9)13;11-4-1-2-6(5(12)3-4)18-9(10(13,14)15)16-7(17-18)8(19)20/h3-4,10,17H,1-2H3;1-3H,(H,19,20). The Kier molecular flexibility index (Phi) is 10.9. The molecule has 0 bridgehead atoms. The monoisotopic (exact) mass is 759 g/mol. The van der Waals surface area contributed by atoms with Gasteiger partial charge in [0.15, 0.2) is 5.82 Å². The lowest BCUT2D eigenvalue weighted by Crippen LogP contribution is -2.25. The summed E-state index contributed by atoms with van der Waals surface area (Å²) in [5, 5.41) is 16.9. The molecule has 0 aliphatic rings. The highest BCUT2D eigenvalue weighted by atomic mass is 35.6. The summed E-state index contributed by atoms with van der Waals surface area (Å²) in [6, 6.07) is 6.80. The lowest BCUT2D eigenvalue weighted by Gasteiger charge is -2.12. The second-order valence-electron chi connectivity index (χ2n) is 8.12. The van der Waals surface area contributed by atoms with Gasteiger partial charge in [-0.1, -0.05) is 81.2 Å². The summed E-state index contributed by atoms with van der Waals surface area (Å²) in [5.74, 6) is -2.29. The molecular formula is C21H14Cl7F2N7O5S. The third-order valence-electron chi connectivity index (χ3n) is 4.93. The molecule has 4 rings (SSSR count). The number of carbonyl (C=O) groups is 1. The number of rotatable bonds is 6. The zero-order valence-corrected chi connectivity index (χ0v) is 27.1. The van der Waals surface area contributed by atoms with Crippen LogP contribution < -0.4 is 10.4 Å².